The number of carboxylic acid groups (broad SMARTS) is 1. The minimum Gasteiger partial charge on any atom is -0.495 e. The number of benzene rings is 1. The first kappa shape index (κ1) is 22.3. The molecule has 1 N–H and O–H groups in total. The summed E-state index contributed by atoms with van der Waals surface area (Å²) in [5, 5.41) is 17.1. The second kappa shape index (κ2) is 8.93. The van der Waals surface area contributed by atoms with E-state index in [1.807, 2.05) is 0 Å². The molecule has 33 heavy (non-hydrogen) atoms. The van der Waals surface area contributed by atoms with Crippen LogP contribution in [0, 0.1) is 5.92 Å². The van der Waals surface area contributed by atoms with Gasteiger partial charge < -0.3 is 19.3 Å². The van der Waals surface area contributed by atoms with Crippen molar-refractivity contribution in [1.29, 1.82) is 0 Å². The molecule has 11 heteroatoms. The Morgan fingerprint density at radius 3 is 2.58 bits per heavy atom. The summed E-state index contributed by atoms with van der Waals surface area (Å²) in [4.78, 5) is 15.8. The predicted molar refractivity (Wildman–Crippen MR) is 108 cm³/mol. The fourth-order valence-electron chi connectivity index (χ4n) is 3.33. The molecule has 4 rings (SSSR count). The van der Waals surface area contributed by atoms with E-state index in [1.165, 1.54) is 37.6 Å². The van der Waals surface area contributed by atoms with E-state index in [4.69, 9.17) is 9.47 Å². The van der Waals surface area contributed by atoms with E-state index >= 15 is 0 Å². The van der Waals surface area contributed by atoms with E-state index in [2.05, 4.69) is 19.9 Å². The highest BCUT2D eigenvalue weighted by Gasteiger charge is 2.46. The second-order valence-electron chi connectivity index (χ2n) is 7.33. The maximum absolute atomic E-state index is 12.3. The van der Waals surface area contributed by atoms with E-state index in [9.17, 15) is 23.1 Å². The van der Waals surface area contributed by atoms with Crippen LogP contribution in [0.3, 0.4) is 0 Å². The summed E-state index contributed by atoms with van der Waals surface area (Å²) in [5.74, 6) is -1.18. The number of ether oxygens (including phenoxy) is 3. The average Bonchev–Trinajstić information content (AvgIpc) is 3.59. The predicted octanol–water partition coefficient (Wildman–Crippen LogP) is 4.21. The van der Waals surface area contributed by atoms with Crippen molar-refractivity contribution in [2.45, 2.75) is 25.3 Å². The molecule has 1 aliphatic carbocycles. The number of carbonyl (C=O) groups is 1. The second-order valence-corrected chi connectivity index (χ2v) is 7.33. The van der Waals surface area contributed by atoms with Crippen molar-refractivity contribution in [3.05, 3.63) is 59.9 Å². The largest absolute Gasteiger partial charge is 0.573 e. The van der Waals surface area contributed by atoms with E-state index in [-0.39, 0.29) is 24.2 Å². The fourth-order valence-corrected chi connectivity index (χ4v) is 3.33. The zero-order valence-electron chi connectivity index (χ0n) is 17.2. The minimum atomic E-state index is -4.75. The van der Waals surface area contributed by atoms with Crippen LogP contribution in [0.25, 0.3) is 11.3 Å². The van der Waals surface area contributed by atoms with Crippen LogP contribution in [0.15, 0.2) is 48.7 Å². The normalized spacial score (nSPS) is 17.3. The van der Waals surface area contributed by atoms with Crippen LogP contribution >= 0.6 is 0 Å². The highest BCUT2D eigenvalue weighted by atomic mass is 19.4. The van der Waals surface area contributed by atoms with Gasteiger partial charge in [-0.15, -0.1) is 18.3 Å². The fraction of sp³-hybridized carbons (Fsp3) is 0.273. The number of methoxy groups -OCH3 is 1. The third-order valence-corrected chi connectivity index (χ3v) is 5.04. The zero-order chi connectivity index (χ0) is 23.6. The highest BCUT2D eigenvalue weighted by molar-refractivity contribution is 5.75. The molecule has 0 saturated heterocycles. The van der Waals surface area contributed by atoms with Gasteiger partial charge in [0.15, 0.2) is 0 Å². The Hall–Kier alpha value is -3.89. The van der Waals surface area contributed by atoms with Crippen molar-refractivity contribution in [2.75, 3.05) is 7.11 Å². The third-order valence-electron chi connectivity index (χ3n) is 5.04. The first-order valence-corrected chi connectivity index (χ1v) is 9.82. The van der Waals surface area contributed by atoms with Crippen LogP contribution in [-0.2, 0) is 11.4 Å². The Kier molecular flexibility index (Phi) is 6.03. The van der Waals surface area contributed by atoms with Gasteiger partial charge in [0.05, 0.1) is 30.6 Å². The van der Waals surface area contributed by atoms with E-state index in [0.29, 0.717) is 34.7 Å². The molecule has 1 saturated carbocycles. The van der Waals surface area contributed by atoms with Crippen LogP contribution in [0.2, 0.25) is 0 Å². The molecule has 3 aromatic rings. The number of carboxylic acids is 1. The van der Waals surface area contributed by atoms with Gasteiger partial charge in [-0.1, -0.05) is 12.1 Å². The molecule has 2 atom stereocenters. The summed E-state index contributed by atoms with van der Waals surface area (Å²) < 4.78 is 51.6. The number of rotatable bonds is 8. The maximum atomic E-state index is 12.3. The molecule has 0 bridgehead atoms. The van der Waals surface area contributed by atoms with Gasteiger partial charge in [0.1, 0.15) is 18.1 Å². The zero-order valence-corrected chi connectivity index (χ0v) is 17.2. The van der Waals surface area contributed by atoms with Crippen LogP contribution in [0.5, 0.6) is 17.4 Å². The number of hydrogen-bond donors (Lipinski definition) is 1. The van der Waals surface area contributed by atoms with Gasteiger partial charge in [-0.2, -0.15) is 5.10 Å². The lowest BCUT2D eigenvalue weighted by Gasteiger charge is -2.11. The van der Waals surface area contributed by atoms with Crippen LogP contribution in [0.4, 0.5) is 13.2 Å². The van der Waals surface area contributed by atoms with E-state index in [1.54, 1.807) is 18.2 Å². The Morgan fingerprint density at radius 2 is 1.94 bits per heavy atom. The van der Waals surface area contributed by atoms with Gasteiger partial charge >= 0.3 is 12.3 Å². The lowest BCUT2D eigenvalue weighted by Crippen LogP contribution is -2.17. The van der Waals surface area contributed by atoms with Gasteiger partial charge in [0.2, 0.25) is 5.88 Å². The number of nitrogens with zero attached hydrogens (tertiary/aromatic N) is 3. The van der Waals surface area contributed by atoms with E-state index in [0.717, 1.165) is 0 Å². The number of alkyl halides is 3. The Labute approximate surface area is 186 Å². The first-order chi connectivity index (χ1) is 15.7. The molecule has 2 heterocycles. The number of aliphatic carboxylic acids is 1. The van der Waals surface area contributed by atoms with Crippen molar-refractivity contribution < 1.29 is 37.3 Å². The standard InChI is InChI=1S/C22H18F3N3O5/c1-31-18-7-6-17(27-20(18)15-9-16(15)21(29)30)13-8-19(28-26-10-13)32-11-12-2-4-14(5-3-12)33-22(23,24)25/h2-8,10,15-16H,9,11H2,1H3,(H,29,30)/t15-,16-/m1/s1. The lowest BCUT2D eigenvalue weighted by atomic mass is 10.1. The smallest absolute Gasteiger partial charge is 0.495 e. The van der Waals surface area contributed by atoms with E-state index < -0.39 is 18.2 Å². The Morgan fingerprint density at radius 1 is 1.18 bits per heavy atom. The molecule has 0 radical (unpaired) electrons. The Bertz CT molecular complexity index is 1150. The number of hydrogen-bond acceptors (Lipinski definition) is 7. The van der Waals surface area contributed by atoms with Gasteiger partial charge in [-0.05, 0) is 36.2 Å². The molecular weight excluding hydrogens is 443 g/mol. The molecule has 0 aliphatic heterocycles. The topological polar surface area (TPSA) is 104 Å². The van der Waals surface area contributed by atoms with Gasteiger partial charge in [0, 0.05) is 17.5 Å². The molecule has 1 fully saturated rings. The summed E-state index contributed by atoms with van der Waals surface area (Å²) in [5.41, 5.74) is 2.33. The quantitative estimate of drug-likeness (QED) is 0.532. The molecule has 1 aliphatic rings. The maximum Gasteiger partial charge on any atom is 0.573 e. The number of halogens is 3. The van der Waals surface area contributed by atoms with Crippen molar-refractivity contribution in [2.24, 2.45) is 5.92 Å². The third kappa shape index (κ3) is 5.48. The van der Waals surface area contributed by atoms with Crippen LogP contribution < -0.4 is 14.2 Å². The number of pyridine rings is 1. The molecule has 1 aromatic carbocycles. The Balaban J connectivity index is 1.46. The molecule has 0 spiro atoms. The summed E-state index contributed by atoms with van der Waals surface area (Å²) >= 11 is 0. The SMILES string of the molecule is COc1ccc(-c2cnnc(OCc3ccc(OC(F)(F)F)cc3)c2)nc1[C@@H]1C[C@H]1C(=O)O. The van der Waals surface area contributed by atoms with Crippen molar-refractivity contribution in [1.82, 2.24) is 15.2 Å². The first-order valence-electron chi connectivity index (χ1n) is 9.82. The molecule has 8 nitrogen and oxygen atoms in total. The average molecular weight is 461 g/mol. The lowest BCUT2D eigenvalue weighted by molar-refractivity contribution is -0.274. The van der Waals surface area contributed by atoms with Crippen molar-refractivity contribution >= 4 is 5.97 Å². The monoisotopic (exact) mass is 461 g/mol. The number of aromatic nitrogens is 3. The van der Waals surface area contributed by atoms with Gasteiger partial charge in [-0.3, -0.25) is 4.79 Å². The molecular formula is C22H18F3N3O5. The summed E-state index contributed by atoms with van der Waals surface area (Å²) in [6, 6.07) is 10.3. The van der Waals surface area contributed by atoms with Gasteiger partial charge in [0.25, 0.3) is 0 Å². The van der Waals surface area contributed by atoms with Crippen LogP contribution in [-0.4, -0.2) is 39.7 Å². The molecule has 2 aromatic heterocycles. The summed E-state index contributed by atoms with van der Waals surface area (Å²) in [7, 11) is 1.50. The van der Waals surface area contributed by atoms with Crippen molar-refractivity contribution in [3.8, 4) is 28.6 Å². The summed E-state index contributed by atoms with van der Waals surface area (Å²) in [6.07, 6.45) is -2.76. The minimum absolute atomic E-state index is 0.0497. The van der Waals surface area contributed by atoms with Gasteiger partial charge in [-0.25, -0.2) is 4.98 Å². The van der Waals surface area contributed by atoms with Crippen LogP contribution in [0.1, 0.15) is 23.6 Å². The van der Waals surface area contributed by atoms with Crippen molar-refractivity contribution in [3.63, 3.8) is 0 Å². The molecule has 0 unspecified atom stereocenters. The molecule has 0 amide bonds. The molecule has 172 valence electrons. The highest BCUT2D eigenvalue weighted by Crippen LogP contribution is 2.50. The summed E-state index contributed by atoms with van der Waals surface area (Å²) in [6.45, 7) is 0.0497.